The van der Waals surface area contributed by atoms with Gasteiger partial charge in [0.05, 0.1) is 12.6 Å². The van der Waals surface area contributed by atoms with Crippen molar-refractivity contribution in [1.82, 2.24) is 4.98 Å². The van der Waals surface area contributed by atoms with Gasteiger partial charge in [-0.15, -0.1) is 0 Å². The van der Waals surface area contributed by atoms with Crippen LogP contribution in [0.1, 0.15) is 5.56 Å². The van der Waals surface area contributed by atoms with Crippen LogP contribution >= 0.6 is 11.6 Å². The Bertz CT molecular complexity index is 641. The molecule has 0 unspecified atom stereocenters. The molecule has 0 bridgehead atoms. The fraction of sp³-hybridized carbons (Fsp3) is 0.0769. The molecule has 0 atom stereocenters. The van der Waals surface area contributed by atoms with Crippen molar-refractivity contribution in [3.05, 3.63) is 41.0 Å². The number of carbonyl (C=O) groups excluding carboxylic acids is 1. The summed E-state index contributed by atoms with van der Waals surface area (Å²) in [6.07, 6.45) is 0. The molecule has 0 fully saturated rings. The maximum absolute atomic E-state index is 10.9. The van der Waals surface area contributed by atoms with Gasteiger partial charge in [0.25, 0.3) is 0 Å². The highest BCUT2D eigenvalue weighted by Gasteiger charge is 1.97. The van der Waals surface area contributed by atoms with E-state index >= 15 is 0 Å². The Morgan fingerprint density at radius 1 is 1.35 bits per heavy atom. The molecular weight excluding hydrogens is 238 g/mol. The lowest BCUT2D eigenvalue weighted by atomic mass is 10.1. The summed E-state index contributed by atoms with van der Waals surface area (Å²) < 4.78 is 4.43. The van der Waals surface area contributed by atoms with Crippen LogP contribution in [0.25, 0.3) is 10.9 Å². The van der Waals surface area contributed by atoms with Gasteiger partial charge in [-0.2, -0.15) is 0 Å². The molecule has 3 nitrogen and oxygen atoms in total. The number of halogens is 1. The van der Waals surface area contributed by atoms with Crippen molar-refractivity contribution in [1.29, 1.82) is 0 Å². The zero-order chi connectivity index (χ0) is 12.3. The monoisotopic (exact) mass is 245 g/mol. The number of esters is 1. The number of methoxy groups -OCH3 is 1. The SMILES string of the molecule is COC(=O)C#Cc1ccc2nc(Cl)ccc2c1. The van der Waals surface area contributed by atoms with Crippen LogP contribution in [0.15, 0.2) is 30.3 Å². The minimum atomic E-state index is -0.556. The van der Waals surface area contributed by atoms with Crippen LogP contribution < -0.4 is 0 Å². The van der Waals surface area contributed by atoms with Crippen molar-refractivity contribution in [2.24, 2.45) is 0 Å². The van der Waals surface area contributed by atoms with E-state index in [4.69, 9.17) is 11.6 Å². The van der Waals surface area contributed by atoms with Crippen LogP contribution in [0, 0.1) is 11.8 Å². The Morgan fingerprint density at radius 3 is 2.94 bits per heavy atom. The van der Waals surface area contributed by atoms with Crippen LogP contribution in [0.3, 0.4) is 0 Å². The predicted octanol–water partition coefficient (Wildman–Crippen LogP) is 2.41. The number of fused-ring (bicyclic) bond motifs is 1. The van der Waals surface area contributed by atoms with E-state index in [1.807, 2.05) is 18.2 Å². The normalized spacial score (nSPS) is 9.53. The van der Waals surface area contributed by atoms with E-state index in [1.165, 1.54) is 7.11 Å². The Morgan fingerprint density at radius 2 is 2.18 bits per heavy atom. The first-order valence-corrected chi connectivity index (χ1v) is 5.23. The highest BCUT2D eigenvalue weighted by molar-refractivity contribution is 6.29. The molecule has 0 amide bonds. The van der Waals surface area contributed by atoms with Crippen molar-refractivity contribution >= 4 is 28.5 Å². The first kappa shape index (κ1) is 11.4. The van der Waals surface area contributed by atoms with E-state index in [0.29, 0.717) is 5.15 Å². The predicted molar refractivity (Wildman–Crippen MR) is 65.6 cm³/mol. The van der Waals surface area contributed by atoms with Gasteiger partial charge in [0.1, 0.15) is 5.15 Å². The Kier molecular flexibility index (Phi) is 3.27. The highest BCUT2D eigenvalue weighted by atomic mass is 35.5. The molecule has 0 radical (unpaired) electrons. The zero-order valence-electron chi connectivity index (χ0n) is 9.03. The van der Waals surface area contributed by atoms with Crippen LogP contribution in [0.2, 0.25) is 5.15 Å². The molecule has 84 valence electrons. The second kappa shape index (κ2) is 4.86. The Balaban J connectivity index is 2.40. The number of hydrogen-bond acceptors (Lipinski definition) is 3. The van der Waals surface area contributed by atoms with Gasteiger partial charge in [-0.05, 0) is 30.3 Å². The number of carbonyl (C=O) groups is 1. The molecular formula is C13H8ClNO2. The van der Waals surface area contributed by atoms with Crippen molar-refractivity contribution < 1.29 is 9.53 Å². The van der Waals surface area contributed by atoms with Crippen LogP contribution in [0.4, 0.5) is 0 Å². The molecule has 17 heavy (non-hydrogen) atoms. The summed E-state index contributed by atoms with van der Waals surface area (Å²) in [4.78, 5) is 15.0. The zero-order valence-corrected chi connectivity index (χ0v) is 9.78. The molecule has 4 heteroatoms. The molecule has 1 heterocycles. The molecule has 2 rings (SSSR count). The standard InChI is InChI=1S/C13H8ClNO2/c1-17-13(16)7-3-9-2-5-11-10(8-9)4-6-12(14)15-11/h2,4-6,8H,1H3. The van der Waals surface area contributed by atoms with Crippen LogP contribution in [-0.2, 0) is 9.53 Å². The summed E-state index contributed by atoms with van der Waals surface area (Å²) in [5.74, 6) is 4.53. The second-order valence-electron chi connectivity index (χ2n) is 3.28. The first-order valence-electron chi connectivity index (χ1n) is 4.85. The lowest BCUT2D eigenvalue weighted by Gasteiger charge is -1.98. The summed E-state index contributed by atoms with van der Waals surface area (Å²) in [5, 5.41) is 1.37. The van der Waals surface area contributed by atoms with Gasteiger partial charge in [0.15, 0.2) is 0 Å². The number of benzene rings is 1. The number of hydrogen-bond donors (Lipinski definition) is 0. The van der Waals surface area contributed by atoms with Gasteiger partial charge in [0.2, 0.25) is 0 Å². The fourth-order valence-electron chi connectivity index (χ4n) is 1.35. The molecule has 1 aromatic carbocycles. The summed E-state index contributed by atoms with van der Waals surface area (Å²) in [7, 11) is 1.29. The smallest absolute Gasteiger partial charge is 0.384 e. The van der Waals surface area contributed by atoms with Gasteiger partial charge in [-0.1, -0.05) is 17.5 Å². The number of nitrogens with zero attached hydrogens (tertiary/aromatic N) is 1. The lowest BCUT2D eigenvalue weighted by Crippen LogP contribution is -1.94. The Hall–Kier alpha value is -2.05. The molecule has 0 aliphatic heterocycles. The molecule has 1 aromatic heterocycles. The second-order valence-corrected chi connectivity index (χ2v) is 3.67. The number of aromatic nitrogens is 1. The Labute approximate surface area is 103 Å². The largest absolute Gasteiger partial charge is 0.459 e. The molecule has 0 N–H and O–H groups in total. The van der Waals surface area contributed by atoms with Gasteiger partial charge >= 0.3 is 5.97 Å². The van der Waals surface area contributed by atoms with Crippen molar-refractivity contribution in [3.63, 3.8) is 0 Å². The summed E-state index contributed by atoms with van der Waals surface area (Å²) in [6, 6.07) is 8.99. The van der Waals surface area contributed by atoms with Gasteiger partial charge in [0, 0.05) is 16.9 Å². The van der Waals surface area contributed by atoms with Crippen molar-refractivity contribution in [2.75, 3.05) is 7.11 Å². The summed E-state index contributed by atoms with van der Waals surface area (Å²) >= 11 is 5.78. The van der Waals surface area contributed by atoms with E-state index in [1.54, 1.807) is 12.1 Å². The first-order chi connectivity index (χ1) is 8.19. The third kappa shape index (κ3) is 2.74. The van der Waals surface area contributed by atoms with Crippen LogP contribution in [0.5, 0.6) is 0 Å². The topological polar surface area (TPSA) is 39.2 Å². The van der Waals surface area contributed by atoms with E-state index in [-0.39, 0.29) is 0 Å². The quantitative estimate of drug-likeness (QED) is 0.407. The molecule has 0 saturated carbocycles. The average molecular weight is 246 g/mol. The maximum atomic E-state index is 10.9. The van der Waals surface area contributed by atoms with Crippen molar-refractivity contribution in [3.8, 4) is 11.8 Å². The lowest BCUT2D eigenvalue weighted by molar-refractivity contribution is -0.133. The van der Waals surface area contributed by atoms with Gasteiger partial charge < -0.3 is 4.74 Å². The van der Waals surface area contributed by atoms with E-state index in [9.17, 15) is 4.79 Å². The van der Waals surface area contributed by atoms with Crippen LogP contribution in [-0.4, -0.2) is 18.1 Å². The van der Waals surface area contributed by atoms with Crippen molar-refractivity contribution in [2.45, 2.75) is 0 Å². The number of ether oxygens (including phenoxy) is 1. The molecule has 0 saturated heterocycles. The summed E-state index contributed by atoms with van der Waals surface area (Å²) in [6.45, 7) is 0. The highest BCUT2D eigenvalue weighted by Crippen LogP contribution is 2.16. The van der Waals surface area contributed by atoms with E-state index in [2.05, 4.69) is 21.6 Å². The molecule has 2 aromatic rings. The van der Waals surface area contributed by atoms with Gasteiger partial charge in [-0.3, -0.25) is 0 Å². The summed E-state index contributed by atoms with van der Waals surface area (Å²) in [5.41, 5.74) is 1.52. The van der Waals surface area contributed by atoms with E-state index < -0.39 is 5.97 Å². The maximum Gasteiger partial charge on any atom is 0.384 e. The minimum absolute atomic E-state index is 0.450. The average Bonchev–Trinajstić information content (AvgIpc) is 2.35. The van der Waals surface area contributed by atoms with E-state index in [0.717, 1.165) is 16.5 Å². The molecule has 0 aliphatic rings. The number of rotatable bonds is 0. The third-order valence-electron chi connectivity index (χ3n) is 2.15. The van der Waals surface area contributed by atoms with Gasteiger partial charge in [-0.25, -0.2) is 9.78 Å². The number of pyridine rings is 1. The fourth-order valence-corrected chi connectivity index (χ4v) is 1.51. The third-order valence-corrected chi connectivity index (χ3v) is 2.36. The minimum Gasteiger partial charge on any atom is -0.459 e. The molecule has 0 aliphatic carbocycles. The molecule has 0 spiro atoms.